The molecule has 1 aliphatic heterocycles. The first-order chi connectivity index (χ1) is 10.3. The van der Waals surface area contributed by atoms with Crippen LogP contribution in [0.25, 0.3) is 0 Å². The van der Waals surface area contributed by atoms with Crippen molar-refractivity contribution in [3.8, 4) is 0 Å². The lowest BCUT2D eigenvalue weighted by atomic mass is 9.57. The van der Waals surface area contributed by atoms with Gasteiger partial charge in [-0.3, -0.25) is 0 Å². The first-order valence-electron chi connectivity index (χ1n) is 9.28. The van der Waals surface area contributed by atoms with E-state index in [0.29, 0.717) is 17.6 Å². The Bertz CT molecular complexity index is 306. The number of rotatable bonds is 5. The standard InChI is InChI=1S/C18H33NO2/c1-2-19-16-13-17(18(16)9-5-3-4-6-10-18)21-14-15-7-11-20-12-8-15/h15-17,19H,2-14H2,1H3. The van der Waals surface area contributed by atoms with Crippen LogP contribution >= 0.6 is 0 Å². The molecule has 3 nitrogen and oxygen atoms in total. The van der Waals surface area contributed by atoms with Crippen LogP contribution in [0.4, 0.5) is 0 Å². The van der Waals surface area contributed by atoms with Gasteiger partial charge in [0.25, 0.3) is 0 Å². The summed E-state index contributed by atoms with van der Waals surface area (Å²) in [6.07, 6.45) is 12.5. The summed E-state index contributed by atoms with van der Waals surface area (Å²) >= 11 is 0. The summed E-state index contributed by atoms with van der Waals surface area (Å²) in [5.74, 6) is 0.736. The van der Waals surface area contributed by atoms with Crippen LogP contribution in [0.1, 0.15) is 64.7 Å². The van der Waals surface area contributed by atoms with Gasteiger partial charge >= 0.3 is 0 Å². The topological polar surface area (TPSA) is 30.5 Å². The van der Waals surface area contributed by atoms with E-state index in [1.807, 2.05) is 0 Å². The highest BCUT2D eigenvalue weighted by atomic mass is 16.5. The molecule has 2 atom stereocenters. The monoisotopic (exact) mass is 295 g/mol. The van der Waals surface area contributed by atoms with Crippen LogP contribution < -0.4 is 5.32 Å². The molecule has 1 N–H and O–H groups in total. The molecule has 0 radical (unpaired) electrons. The molecule has 3 rings (SSSR count). The second kappa shape index (κ2) is 7.43. The largest absolute Gasteiger partial charge is 0.381 e. The average Bonchev–Trinajstić information content (AvgIpc) is 2.79. The van der Waals surface area contributed by atoms with Gasteiger partial charge in [0.05, 0.1) is 6.10 Å². The smallest absolute Gasteiger partial charge is 0.0661 e. The van der Waals surface area contributed by atoms with Crippen LogP contribution in [0.5, 0.6) is 0 Å². The molecule has 2 aliphatic carbocycles. The first-order valence-corrected chi connectivity index (χ1v) is 9.28. The van der Waals surface area contributed by atoms with Gasteiger partial charge in [0.2, 0.25) is 0 Å². The number of hydrogen-bond donors (Lipinski definition) is 1. The molecule has 1 saturated heterocycles. The minimum absolute atomic E-state index is 0.456. The Labute approximate surface area is 130 Å². The summed E-state index contributed by atoms with van der Waals surface area (Å²) in [5, 5.41) is 3.74. The van der Waals surface area contributed by atoms with E-state index in [1.54, 1.807) is 0 Å². The van der Waals surface area contributed by atoms with E-state index in [-0.39, 0.29) is 0 Å². The van der Waals surface area contributed by atoms with Crippen molar-refractivity contribution < 1.29 is 9.47 Å². The molecule has 3 aliphatic rings. The van der Waals surface area contributed by atoms with Crippen molar-refractivity contribution in [3.63, 3.8) is 0 Å². The van der Waals surface area contributed by atoms with Crippen LogP contribution in [-0.4, -0.2) is 38.5 Å². The van der Waals surface area contributed by atoms with E-state index < -0.39 is 0 Å². The average molecular weight is 295 g/mol. The predicted molar refractivity (Wildman–Crippen MR) is 85.5 cm³/mol. The highest BCUT2D eigenvalue weighted by Gasteiger charge is 2.54. The van der Waals surface area contributed by atoms with Crippen molar-refractivity contribution in [2.24, 2.45) is 11.3 Å². The van der Waals surface area contributed by atoms with Gasteiger partial charge in [0.1, 0.15) is 0 Å². The van der Waals surface area contributed by atoms with E-state index in [9.17, 15) is 0 Å². The number of ether oxygens (including phenoxy) is 2. The Hall–Kier alpha value is -0.120. The molecule has 3 heteroatoms. The molecule has 2 saturated carbocycles. The van der Waals surface area contributed by atoms with E-state index in [1.165, 1.54) is 57.8 Å². The Balaban J connectivity index is 1.55. The van der Waals surface area contributed by atoms with Crippen LogP contribution in [0.3, 0.4) is 0 Å². The van der Waals surface area contributed by atoms with Gasteiger partial charge < -0.3 is 14.8 Å². The fraction of sp³-hybridized carbons (Fsp3) is 1.00. The van der Waals surface area contributed by atoms with Crippen molar-refractivity contribution >= 4 is 0 Å². The summed E-state index contributed by atoms with van der Waals surface area (Å²) in [7, 11) is 0. The zero-order valence-electron chi connectivity index (χ0n) is 13.7. The van der Waals surface area contributed by atoms with E-state index in [4.69, 9.17) is 9.47 Å². The zero-order valence-corrected chi connectivity index (χ0v) is 13.7. The first kappa shape index (κ1) is 15.8. The van der Waals surface area contributed by atoms with Gasteiger partial charge in [-0.2, -0.15) is 0 Å². The predicted octanol–water partition coefficient (Wildman–Crippen LogP) is 3.52. The number of nitrogens with one attached hydrogen (secondary N) is 1. The lowest BCUT2D eigenvalue weighted by Gasteiger charge is -2.56. The van der Waals surface area contributed by atoms with Crippen molar-refractivity contribution in [3.05, 3.63) is 0 Å². The summed E-state index contributed by atoms with van der Waals surface area (Å²) in [4.78, 5) is 0. The molecular weight excluding hydrogens is 262 g/mol. The maximum atomic E-state index is 6.45. The third kappa shape index (κ3) is 3.46. The second-order valence-electron chi connectivity index (χ2n) is 7.37. The zero-order chi connectivity index (χ0) is 14.5. The third-order valence-corrected chi connectivity index (χ3v) is 6.14. The van der Waals surface area contributed by atoms with Crippen LogP contribution in [0.15, 0.2) is 0 Å². The summed E-state index contributed by atoms with van der Waals surface area (Å²) in [5.41, 5.74) is 0.456. The molecule has 21 heavy (non-hydrogen) atoms. The van der Waals surface area contributed by atoms with Gasteiger partial charge in [-0.1, -0.05) is 32.6 Å². The Morgan fingerprint density at radius 2 is 1.81 bits per heavy atom. The molecule has 1 spiro atoms. The Kier molecular flexibility index (Phi) is 5.58. The maximum absolute atomic E-state index is 6.45. The highest BCUT2D eigenvalue weighted by molar-refractivity contribution is 5.08. The van der Waals surface area contributed by atoms with Crippen molar-refractivity contribution in [1.29, 1.82) is 0 Å². The quantitative estimate of drug-likeness (QED) is 0.842. The van der Waals surface area contributed by atoms with Crippen molar-refractivity contribution in [2.45, 2.75) is 76.9 Å². The molecule has 3 fully saturated rings. The van der Waals surface area contributed by atoms with E-state index in [0.717, 1.165) is 32.3 Å². The highest BCUT2D eigenvalue weighted by Crippen LogP contribution is 2.52. The summed E-state index contributed by atoms with van der Waals surface area (Å²) in [6, 6.07) is 0.709. The maximum Gasteiger partial charge on any atom is 0.0661 e. The molecule has 0 aromatic rings. The van der Waals surface area contributed by atoms with Gasteiger partial charge in [0, 0.05) is 31.3 Å². The van der Waals surface area contributed by atoms with Gasteiger partial charge in [0.15, 0.2) is 0 Å². The molecule has 122 valence electrons. The molecule has 2 unspecified atom stereocenters. The van der Waals surface area contributed by atoms with Gasteiger partial charge in [-0.05, 0) is 44.6 Å². The molecule has 0 aromatic carbocycles. The van der Waals surface area contributed by atoms with E-state index >= 15 is 0 Å². The fourth-order valence-corrected chi connectivity index (χ4v) is 4.74. The molecule has 0 amide bonds. The Morgan fingerprint density at radius 1 is 1.10 bits per heavy atom. The van der Waals surface area contributed by atoms with E-state index in [2.05, 4.69) is 12.2 Å². The molecule has 0 aromatic heterocycles. The fourth-order valence-electron chi connectivity index (χ4n) is 4.74. The lowest BCUT2D eigenvalue weighted by Crippen LogP contribution is -2.63. The lowest BCUT2D eigenvalue weighted by molar-refractivity contribution is -0.154. The van der Waals surface area contributed by atoms with Crippen LogP contribution in [0, 0.1) is 11.3 Å². The molecule has 0 bridgehead atoms. The normalized spacial score (nSPS) is 33.6. The second-order valence-corrected chi connectivity index (χ2v) is 7.37. The minimum Gasteiger partial charge on any atom is -0.381 e. The van der Waals surface area contributed by atoms with Crippen molar-refractivity contribution in [2.75, 3.05) is 26.4 Å². The SMILES string of the molecule is CCNC1CC(OCC2CCOCC2)C12CCCCCC2. The van der Waals surface area contributed by atoms with Crippen LogP contribution in [0.2, 0.25) is 0 Å². The number of hydrogen-bond acceptors (Lipinski definition) is 3. The Morgan fingerprint density at radius 3 is 2.48 bits per heavy atom. The van der Waals surface area contributed by atoms with Crippen molar-refractivity contribution in [1.82, 2.24) is 5.32 Å². The molecule has 1 heterocycles. The van der Waals surface area contributed by atoms with Gasteiger partial charge in [-0.15, -0.1) is 0 Å². The van der Waals surface area contributed by atoms with Gasteiger partial charge in [-0.25, -0.2) is 0 Å². The van der Waals surface area contributed by atoms with Crippen LogP contribution in [-0.2, 0) is 9.47 Å². The minimum atomic E-state index is 0.456. The summed E-state index contributed by atoms with van der Waals surface area (Å²) in [6.45, 7) is 6.17. The molecular formula is C18H33NO2. The summed E-state index contributed by atoms with van der Waals surface area (Å²) < 4.78 is 11.9. The third-order valence-electron chi connectivity index (χ3n) is 6.14.